The van der Waals surface area contributed by atoms with Crippen LogP contribution in [0.2, 0.25) is 0 Å². The molecule has 0 radical (unpaired) electrons. The number of esters is 1. The molecule has 3 rings (SSSR count). The second kappa shape index (κ2) is 12.3. The van der Waals surface area contributed by atoms with Crippen LogP contribution in [0.15, 0.2) is 12.1 Å². The summed E-state index contributed by atoms with van der Waals surface area (Å²) in [7, 11) is 4.75. The maximum atomic E-state index is 14.2. The van der Waals surface area contributed by atoms with E-state index < -0.39 is 6.04 Å². The average molecular weight is 476 g/mol. The molecule has 7 nitrogen and oxygen atoms in total. The molecule has 190 valence electrons. The van der Waals surface area contributed by atoms with Crippen LogP contribution >= 0.6 is 0 Å². The second-order valence-corrected chi connectivity index (χ2v) is 9.53. The van der Waals surface area contributed by atoms with Crippen molar-refractivity contribution in [1.82, 2.24) is 4.90 Å². The predicted molar refractivity (Wildman–Crippen MR) is 131 cm³/mol. The highest BCUT2D eigenvalue weighted by Crippen LogP contribution is 2.45. The Morgan fingerprint density at radius 2 is 1.56 bits per heavy atom. The fourth-order valence-corrected chi connectivity index (χ4v) is 5.34. The minimum Gasteiger partial charge on any atom is -0.493 e. The van der Waals surface area contributed by atoms with Gasteiger partial charge in [0.15, 0.2) is 11.5 Å². The number of likely N-dealkylation sites (tertiary alicyclic amines) is 1. The first-order valence-electron chi connectivity index (χ1n) is 12.8. The van der Waals surface area contributed by atoms with Crippen LogP contribution in [0, 0.1) is 5.92 Å². The lowest BCUT2D eigenvalue weighted by Crippen LogP contribution is -2.51. The van der Waals surface area contributed by atoms with E-state index in [4.69, 9.17) is 18.9 Å². The summed E-state index contributed by atoms with van der Waals surface area (Å²) in [6.45, 7) is 4.46. The highest BCUT2D eigenvalue weighted by atomic mass is 16.5. The van der Waals surface area contributed by atoms with Crippen LogP contribution < -0.4 is 14.2 Å². The minimum atomic E-state index is -0.525. The van der Waals surface area contributed by atoms with E-state index >= 15 is 0 Å². The van der Waals surface area contributed by atoms with Crippen LogP contribution in [0.4, 0.5) is 0 Å². The van der Waals surface area contributed by atoms with Crippen molar-refractivity contribution in [1.29, 1.82) is 0 Å². The molecule has 0 bridgehead atoms. The Morgan fingerprint density at radius 1 is 0.941 bits per heavy atom. The van der Waals surface area contributed by atoms with Gasteiger partial charge in [0, 0.05) is 6.54 Å². The van der Waals surface area contributed by atoms with Gasteiger partial charge in [-0.1, -0.05) is 26.2 Å². The van der Waals surface area contributed by atoms with Crippen LogP contribution in [0.25, 0.3) is 0 Å². The van der Waals surface area contributed by atoms with Crippen molar-refractivity contribution >= 4 is 11.9 Å². The molecular weight excluding hydrogens is 434 g/mol. The van der Waals surface area contributed by atoms with Gasteiger partial charge in [-0.2, -0.15) is 0 Å². The van der Waals surface area contributed by atoms with Gasteiger partial charge >= 0.3 is 5.97 Å². The number of hydrogen-bond donors (Lipinski definition) is 0. The second-order valence-electron chi connectivity index (χ2n) is 9.53. The monoisotopic (exact) mass is 475 g/mol. The molecule has 1 saturated heterocycles. The molecule has 0 spiro atoms. The summed E-state index contributed by atoms with van der Waals surface area (Å²) in [5, 5.41) is 0. The van der Waals surface area contributed by atoms with E-state index in [-0.39, 0.29) is 29.8 Å². The Labute approximate surface area is 204 Å². The molecule has 0 aromatic heterocycles. The van der Waals surface area contributed by atoms with Gasteiger partial charge in [-0.05, 0) is 69.1 Å². The first-order chi connectivity index (χ1) is 16.4. The van der Waals surface area contributed by atoms with Crippen molar-refractivity contribution in [3.8, 4) is 17.2 Å². The van der Waals surface area contributed by atoms with Crippen LogP contribution in [0.1, 0.15) is 83.1 Å². The first kappa shape index (κ1) is 26.2. The third kappa shape index (κ3) is 5.78. The minimum absolute atomic E-state index is 0.00646. The van der Waals surface area contributed by atoms with Gasteiger partial charge in [0.2, 0.25) is 11.7 Å². The van der Waals surface area contributed by atoms with Gasteiger partial charge in [-0.3, -0.25) is 4.79 Å². The highest BCUT2D eigenvalue weighted by molar-refractivity contribution is 5.89. The van der Waals surface area contributed by atoms with Crippen molar-refractivity contribution < 1.29 is 28.5 Å². The number of hydrogen-bond acceptors (Lipinski definition) is 6. The van der Waals surface area contributed by atoms with E-state index in [0.29, 0.717) is 30.2 Å². The molecule has 34 heavy (non-hydrogen) atoms. The highest BCUT2D eigenvalue weighted by Gasteiger charge is 2.41. The maximum Gasteiger partial charge on any atom is 0.329 e. The fraction of sp³-hybridized carbons (Fsp3) is 0.704. The Hall–Kier alpha value is -2.44. The summed E-state index contributed by atoms with van der Waals surface area (Å²) in [6, 6.07) is 3.27. The lowest BCUT2D eigenvalue weighted by Gasteiger charge is -2.39. The number of nitrogens with zero attached hydrogens (tertiary/aromatic N) is 1. The van der Waals surface area contributed by atoms with E-state index in [2.05, 4.69) is 0 Å². The standard InChI is InChI=1S/C27H41NO6/c1-6-18(2)34-27(30)21-14-10-11-15-28(21)26(29)24(19-12-8-7-9-13-19)20-16-22(31-3)25(33-5)23(17-20)32-4/h16-19,21,24H,6-15H2,1-5H3/t18-,21-,24?/m0/s1. The van der Waals surface area contributed by atoms with Crippen LogP contribution in [-0.2, 0) is 14.3 Å². The van der Waals surface area contributed by atoms with Crippen molar-refractivity contribution in [3.63, 3.8) is 0 Å². The fourth-order valence-electron chi connectivity index (χ4n) is 5.34. The van der Waals surface area contributed by atoms with E-state index in [1.807, 2.05) is 26.0 Å². The summed E-state index contributed by atoms with van der Waals surface area (Å²) >= 11 is 0. The lowest BCUT2D eigenvalue weighted by molar-refractivity contribution is -0.161. The number of carbonyl (C=O) groups is 2. The molecule has 1 unspecified atom stereocenters. The van der Waals surface area contributed by atoms with E-state index in [0.717, 1.165) is 50.5 Å². The number of rotatable bonds is 9. The number of ether oxygens (including phenoxy) is 4. The van der Waals surface area contributed by atoms with Gasteiger partial charge in [-0.25, -0.2) is 4.79 Å². The molecule has 1 saturated carbocycles. The number of amides is 1. The zero-order valence-electron chi connectivity index (χ0n) is 21.4. The van der Waals surface area contributed by atoms with Crippen molar-refractivity contribution in [2.45, 2.75) is 89.7 Å². The molecule has 1 heterocycles. The molecule has 3 atom stereocenters. The smallest absolute Gasteiger partial charge is 0.329 e. The molecule has 2 fully saturated rings. The van der Waals surface area contributed by atoms with Crippen molar-refractivity contribution in [2.24, 2.45) is 5.92 Å². The summed E-state index contributed by atoms with van der Waals surface area (Å²) in [4.78, 5) is 29.0. The van der Waals surface area contributed by atoms with Gasteiger partial charge in [0.1, 0.15) is 6.04 Å². The normalized spacial score (nSPS) is 20.9. The number of piperidine rings is 1. The Bertz CT molecular complexity index is 809. The molecule has 2 aliphatic rings. The van der Waals surface area contributed by atoms with Gasteiger partial charge in [-0.15, -0.1) is 0 Å². The molecule has 1 amide bonds. The van der Waals surface area contributed by atoms with Crippen LogP contribution in [0.3, 0.4) is 0 Å². The summed E-state index contributed by atoms with van der Waals surface area (Å²) < 4.78 is 22.4. The summed E-state index contributed by atoms with van der Waals surface area (Å²) in [5.41, 5.74) is 0.853. The van der Waals surface area contributed by atoms with Crippen LogP contribution in [-0.4, -0.2) is 56.8 Å². The van der Waals surface area contributed by atoms with Crippen molar-refractivity contribution in [2.75, 3.05) is 27.9 Å². The predicted octanol–water partition coefficient (Wildman–Crippen LogP) is 5.10. The third-order valence-electron chi connectivity index (χ3n) is 7.38. The van der Waals surface area contributed by atoms with Crippen LogP contribution in [0.5, 0.6) is 17.2 Å². The largest absolute Gasteiger partial charge is 0.493 e. The third-order valence-corrected chi connectivity index (χ3v) is 7.38. The number of methoxy groups -OCH3 is 3. The van der Waals surface area contributed by atoms with E-state index in [1.165, 1.54) is 6.42 Å². The summed E-state index contributed by atoms with van der Waals surface area (Å²) in [5.74, 6) is 1.15. The molecule has 0 N–H and O–H groups in total. The topological polar surface area (TPSA) is 74.3 Å². The number of benzene rings is 1. The molecular formula is C27H41NO6. The van der Waals surface area contributed by atoms with Gasteiger partial charge < -0.3 is 23.8 Å². The van der Waals surface area contributed by atoms with Crippen molar-refractivity contribution in [3.05, 3.63) is 17.7 Å². The maximum absolute atomic E-state index is 14.2. The van der Waals surface area contributed by atoms with Gasteiger partial charge in [0.25, 0.3) is 0 Å². The average Bonchev–Trinajstić information content (AvgIpc) is 2.88. The molecule has 1 aliphatic heterocycles. The Kier molecular flexibility index (Phi) is 9.48. The summed E-state index contributed by atoms with van der Waals surface area (Å²) in [6.07, 6.45) is 8.45. The van der Waals surface area contributed by atoms with E-state index in [1.54, 1.807) is 26.2 Å². The molecule has 1 aromatic rings. The SMILES string of the molecule is CC[C@H](C)OC(=O)[C@@H]1CCCCN1C(=O)C(c1cc(OC)c(OC)c(OC)c1)C1CCCCC1. The quantitative estimate of drug-likeness (QED) is 0.463. The first-order valence-corrected chi connectivity index (χ1v) is 12.8. The Balaban J connectivity index is 2.00. The molecule has 1 aromatic carbocycles. The molecule has 7 heteroatoms. The van der Waals surface area contributed by atoms with Gasteiger partial charge in [0.05, 0.1) is 33.4 Å². The van der Waals surface area contributed by atoms with E-state index in [9.17, 15) is 9.59 Å². The zero-order valence-corrected chi connectivity index (χ0v) is 21.4. The molecule has 1 aliphatic carbocycles. The lowest BCUT2D eigenvalue weighted by atomic mass is 9.75. The Morgan fingerprint density at radius 3 is 2.12 bits per heavy atom. The number of carbonyl (C=O) groups excluding carboxylic acids is 2. The zero-order chi connectivity index (χ0) is 24.7.